The Morgan fingerprint density at radius 3 is 2.63 bits per heavy atom. The molecule has 0 aliphatic carbocycles. The van der Waals surface area contributed by atoms with Crippen LogP contribution in [-0.2, 0) is 6.61 Å². The van der Waals surface area contributed by atoms with Crippen LogP contribution >= 0.6 is 0 Å². The lowest BCUT2D eigenvalue weighted by Crippen LogP contribution is -2.01. The maximum Gasteiger partial charge on any atom is 0.147 e. The fraction of sp³-hybridized carbons (Fsp3) is 0.188. The van der Waals surface area contributed by atoms with E-state index in [2.05, 4.69) is 0 Å². The molecule has 96 valence electrons. The minimum absolute atomic E-state index is 0.0436. The monoisotopic (exact) mass is 255 g/mol. The van der Waals surface area contributed by atoms with Gasteiger partial charge in [0.1, 0.15) is 24.2 Å². The molecule has 0 saturated heterocycles. The first-order valence-electron chi connectivity index (χ1n) is 6.00. The van der Waals surface area contributed by atoms with E-state index in [9.17, 15) is 4.39 Å². The largest absolute Gasteiger partial charge is 0.489 e. The van der Waals surface area contributed by atoms with Gasteiger partial charge < -0.3 is 4.74 Å². The Hall–Kier alpha value is -2.34. The van der Waals surface area contributed by atoms with E-state index in [-0.39, 0.29) is 12.2 Å². The SMILES string of the molecule is Cc1cccc(OCc2cccc(C#N)c2F)c1C. The molecule has 0 atom stereocenters. The predicted molar refractivity (Wildman–Crippen MR) is 71.4 cm³/mol. The van der Waals surface area contributed by atoms with Gasteiger partial charge in [0, 0.05) is 5.56 Å². The highest BCUT2D eigenvalue weighted by Gasteiger charge is 2.09. The molecule has 0 heterocycles. The number of hydrogen-bond acceptors (Lipinski definition) is 2. The summed E-state index contributed by atoms with van der Waals surface area (Å²) in [5, 5.41) is 8.78. The maximum atomic E-state index is 13.9. The fourth-order valence-electron chi connectivity index (χ4n) is 1.81. The van der Waals surface area contributed by atoms with Gasteiger partial charge in [0.2, 0.25) is 0 Å². The van der Waals surface area contributed by atoms with Gasteiger partial charge in [-0.25, -0.2) is 4.39 Å². The third-order valence-corrected chi connectivity index (χ3v) is 3.14. The first-order valence-corrected chi connectivity index (χ1v) is 6.00. The van der Waals surface area contributed by atoms with E-state index < -0.39 is 5.82 Å². The lowest BCUT2D eigenvalue weighted by molar-refractivity contribution is 0.297. The minimum atomic E-state index is -0.504. The van der Waals surface area contributed by atoms with Crippen molar-refractivity contribution in [3.8, 4) is 11.8 Å². The van der Waals surface area contributed by atoms with Gasteiger partial charge in [0.25, 0.3) is 0 Å². The Morgan fingerprint density at radius 2 is 1.89 bits per heavy atom. The predicted octanol–water partition coefficient (Wildman–Crippen LogP) is 3.89. The molecule has 0 aliphatic rings. The Labute approximate surface area is 112 Å². The van der Waals surface area contributed by atoms with Crippen molar-refractivity contribution in [2.75, 3.05) is 0 Å². The molecule has 0 aromatic heterocycles. The van der Waals surface area contributed by atoms with E-state index in [4.69, 9.17) is 10.00 Å². The standard InChI is InChI=1S/C16H14FNO/c1-11-5-3-8-15(12(11)2)19-10-14-7-4-6-13(9-18)16(14)17/h3-8H,10H2,1-2H3. The van der Waals surface area contributed by atoms with Crippen molar-refractivity contribution >= 4 is 0 Å². The Kier molecular flexibility index (Phi) is 3.82. The van der Waals surface area contributed by atoms with Crippen LogP contribution in [0.15, 0.2) is 36.4 Å². The van der Waals surface area contributed by atoms with E-state index >= 15 is 0 Å². The highest BCUT2D eigenvalue weighted by atomic mass is 19.1. The zero-order chi connectivity index (χ0) is 13.8. The first kappa shape index (κ1) is 13.1. The first-order chi connectivity index (χ1) is 9.13. The van der Waals surface area contributed by atoms with Gasteiger partial charge >= 0.3 is 0 Å². The van der Waals surface area contributed by atoms with Gasteiger partial charge in [-0.3, -0.25) is 0 Å². The number of hydrogen-bond donors (Lipinski definition) is 0. The van der Waals surface area contributed by atoms with Crippen molar-refractivity contribution in [2.24, 2.45) is 0 Å². The number of halogens is 1. The normalized spacial score (nSPS) is 10.0. The summed E-state index contributed by atoms with van der Waals surface area (Å²) >= 11 is 0. The Balaban J connectivity index is 2.20. The lowest BCUT2D eigenvalue weighted by Gasteiger charge is -2.11. The van der Waals surface area contributed by atoms with Gasteiger partial charge in [-0.1, -0.05) is 24.3 Å². The molecule has 0 radical (unpaired) electrons. The summed E-state index contributed by atoms with van der Waals surface area (Å²) in [6.45, 7) is 4.08. The average Bonchev–Trinajstić information content (AvgIpc) is 2.42. The van der Waals surface area contributed by atoms with Crippen molar-refractivity contribution in [1.29, 1.82) is 5.26 Å². The number of rotatable bonds is 3. The second kappa shape index (κ2) is 5.53. The Bertz CT molecular complexity index is 644. The Morgan fingerprint density at radius 1 is 1.16 bits per heavy atom. The van der Waals surface area contributed by atoms with Crippen molar-refractivity contribution < 1.29 is 9.13 Å². The fourth-order valence-corrected chi connectivity index (χ4v) is 1.81. The summed E-state index contributed by atoms with van der Waals surface area (Å²) < 4.78 is 19.5. The highest BCUT2D eigenvalue weighted by molar-refractivity contribution is 5.39. The molecular formula is C16H14FNO. The van der Waals surface area contributed by atoms with Crippen molar-refractivity contribution in [3.63, 3.8) is 0 Å². The zero-order valence-corrected chi connectivity index (χ0v) is 10.9. The number of aryl methyl sites for hydroxylation is 1. The lowest BCUT2D eigenvalue weighted by atomic mass is 10.1. The van der Waals surface area contributed by atoms with Crippen LogP contribution in [0.3, 0.4) is 0 Å². The molecule has 3 heteroatoms. The van der Waals surface area contributed by atoms with Crippen LogP contribution < -0.4 is 4.74 Å². The van der Waals surface area contributed by atoms with Crippen molar-refractivity contribution in [3.05, 3.63) is 64.5 Å². The molecule has 2 aromatic carbocycles. The molecule has 2 rings (SSSR count). The summed E-state index contributed by atoms with van der Waals surface area (Å²) in [6.07, 6.45) is 0. The molecule has 0 spiro atoms. The van der Waals surface area contributed by atoms with Gasteiger partial charge in [-0.05, 0) is 37.1 Å². The molecule has 0 fully saturated rings. The topological polar surface area (TPSA) is 33.0 Å². The molecule has 0 N–H and O–H groups in total. The van der Waals surface area contributed by atoms with E-state index in [0.29, 0.717) is 5.56 Å². The molecule has 2 nitrogen and oxygen atoms in total. The second-order valence-corrected chi connectivity index (χ2v) is 4.38. The van der Waals surface area contributed by atoms with Crippen molar-refractivity contribution in [1.82, 2.24) is 0 Å². The van der Waals surface area contributed by atoms with E-state index in [0.717, 1.165) is 16.9 Å². The van der Waals surface area contributed by atoms with Crippen LogP contribution in [0, 0.1) is 31.0 Å². The average molecular weight is 255 g/mol. The van der Waals surface area contributed by atoms with E-state index in [1.807, 2.05) is 38.1 Å². The van der Waals surface area contributed by atoms with Gasteiger partial charge in [0.05, 0.1) is 5.56 Å². The molecule has 0 saturated carbocycles. The molecule has 2 aromatic rings. The molecule has 0 unspecified atom stereocenters. The molecule has 0 amide bonds. The number of ether oxygens (including phenoxy) is 1. The van der Waals surface area contributed by atoms with Crippen molar-refractivity contribution in [2.45, 2.75) is 20.5 Å². The van der Waals surface area contributed by atoms with E-state index in [1.165, 1.54) is 6.07 Å². The number of nitriles is 1. The summed E-state index contributed by atoms with van der Waals surface area (Å²) in [4.78, 5) is 0. The van der Waals surface area contributed by atoms with Crippen LogP contribution in [-0.4, -0.2) is 0 Å². The summed E-state index contributed by atoms with van der Waals surface area (Å²) in [5.41, 5.74) is 2.60. The summed E-state index contributed by atoms with van der Waals surface area (Å²) in [7, 11) is 0. The van der Waals surface area contributed by atoms with Gasteiger partial charge in [-0.15, -0.1) is 0 Å². The highest BCUT2D eigenvalue weighted by Crippen LogP contribution is 2.22. The number of benzene rings is 2. The summed E-state index contributed by atoms with van der Waals surface area (Å²) in [5.74, 6) is 0.233. The smallest absolute Gasteiger partial charge is 0.147 e. The third kappa shape index (κ3) is 2.74. The second-order valence-electron chi connectivity index (χ2n) is 4.38. The minimum Gasteiger partial charge on any atom is -0.489 e. The number of nitrogens with zero attached hydrogens (tertiary/aromatic N) is 1. The quantitative estimate of drug-likeness (QED) is 0.833. The zero-order valence-electron chi connectivity index (χ0n) is 10.9. The van der Waals surface area contributed by atoms with Gasteiger partial charge in [-0.2, -0.15) is 5.26 Å². The van der Waals surface area contributed by atoms with Crippen LogP contribution in [0.25, 0.3) is 0 Å². The molecular weight excluding hydrogens is 241 g/mol. The third-order valence-electron chi connectivity index (χ3n) is 3.14. The van der Waals surface area contributed by atoms with Crippen LogP contribution in [0.1, 0.15) is 22.3 Å². The van der Waals surface area contributed by atoms with Crippen LogP contribution in [0.2, 0.25) is 0 Å². The van der Waals surface area contributed by atoms with Crippen LogP contribution in [0.4, 0.5) is 4.39 Å². The van der Waals surface area contributed by atoms with Crippen LogP contribution in [0.5, 0.6) is 5.75 Å². The summed E-state index contributed by atoms with van der Waals surface area (Å²) in [6, 6.07) is 12.3. The molecule has 0 bridgehead atoms. The maximum absolute atomic E-state index is 13.9. The van der Waals surface area contributed by atoms with Gasteiger partial charge in [0.15, 0.2) is 0 Å². The molecule has 0 aliphatic heterocycles. The van der Waals surface area contributed by atoms with E-state index in [1.54, 1.807) is 12.1 Å². The molecule has 19 heavy (non-hydrogen) atoms.